The molecule has 0 saturated carbocycles. The maximum atomic E-state index is 6.06. The zero-order chi connectivity index (χ0) is 14.3. The summed E-state index contributed by atoms with van der Waals surface area (Å²) >= 11 is 3.54. The molecule has 0 aliphatic carbocycles. The summed E-state index contributed by atoms with van der Waals surface area (Å²) < 4.78 is 8.48. The van der Waals surface area contributed by atoms with Crippen LogP contribution in [-0.2, 0) is 13.0 Å². The van der Waals surface area contributed by atoms with Crippen LogP contribution in [0.1, 0.15) is 17.9 Å². The Balaban J connectivity index is 2.07. The third kappa shape index (κ3) is 2.25. The van der Waals surface area contributed by atoms with E-state index in [1.54, 1.807) is 7.11 Å². The first kappa shape index (κ1) is 13.6. The predicted molar refractivity (Wildman–Crippen MR) is 82.9 cm³/mol. The van der Waals surface area contributed by atoms with Crippen molar-refractivity contribution in [3.05, 3.63) is 34.2 Å². The van der Waals surface area contributed by atoms with Crippen molar-refractivity contribution < 1.29 is 4.74 Å². The predicted octanol–water partition coefficient (Wildman–Crippen LogP) is 2.90. The van der Waals surface area contributed by atoms with E-state index in [-0.39, 0.29) is 6.04 Å². The van der Waals surface area contributed by atoms with Gasteiger partial charge in [0.2, 0.25) is 0 Å². The van der Waals surface area contributed by atoms with Gasteiger partial charge >= 0.3 is 0 Å². The zero-order valence-electron chi connectivity index (χ0n) is 11.7. The van der Waals surface area contributed by atoms with Gasteiger partial charge in [0.25, 0.3) is 0 Å². The number of aryl methyl sites for hydroxylation is 1. The topological polar surface area (TPSA) is 53.1 Å². The smallest absolute Gasteiger partial charge is 0.133 e. The fourth-order valence-electron chi connectivity index (χ4n) is 2.80. The van der Waals surface area contributed by atoms with Crippen LogP contribution in [0.15, 0.2) is 22.7 Å². The molecule has 1 aliphatic heterocycles. The van der Waals surface area contributed by atoms with Crippen LogP contribution >= 0.6 is 15.9 Å². The second kappa shape index (κ2) is 5.22. The van der Waals surface area contributed by atoms with Crippen molar-refractivity contribution in [2.45, 2.75) is 32.4 Å². The second-order valence-electron chi connectivity index (χ2n) is 5.21. The zero-order valence-corrected chi connectivity index (χ0v) is 13.3. The average Bonchev–Trinajstić information content (AvgIpc) is 2.76. The van der Waals surface area contributed by atoms with E-state index >= 15 is 0 Å². The summed E-state index contributed by atoms with van der Waals surface area (Å²) in [6.45, 7) is 2.91. The second-order valence-corrected chi connectivity index (χ2v) is 6.07. The van der Waals surface area contributed by atoms with Gasteiger partial charge in [0, 0.05) is 23.8 Å². The highest BCUT2D eigenvalue weighted by Crippen LogP contribution is 2.33. The average molecular weight is 336 g/mol. The number of hydrogen-bond acceptors (Lipinski definition) is 3. The molecule has 1 unspecified atom stereocenters. The summed E-state index contributed by atoms with van der Waals surface area (Å²) in [7, 11) is 1.67. The first-order valence-electron chi connectivity index (χ1n) is 6.75. The molecule has 0 fully saturated rings. The lowest BCUT2D eigenvalue weighted by molar-refractivity contribution is 0.412. The molecule has 1 atom stereocenters. The molecular formula is C15H18BrN3O. The molecule has 5 heteroatoms. The minimum Gasteiger partial charge on any atom is -0.496 e. The maximum absolute atomic E-state index is 6.06. The molecule has 0 amide bonds. The molecular weight excluding hydrogens is 318 g/mol. The van der Waals surface area contributed by atoms with Crippen LogP contribution in [0.3, 0.4) is 0 Å². The number of nitrogens with two attached hydrogens (primary N) is 1. The Morgan fingerprint density at radius 2 is 2.25 bits per heavy atom. The number of hydrogen-bond donors (Lipinski definition) is 1. The number of nitrogens with zero attached hydrogens (tertiary/aromatic N) is 2. The number of fused-ring (bicyclic) bond motifs is 1. The molecule has 0 spiro atoms. The van der Waals surface area contributed by atoms with E-state index in [0.717, 1.165) is 46.7 Å². The van der Waals surface area contributed by atoms with Crippen LogP contribution in [-0.4, -0.2) is 22.7 Å². The summed E-state index contributed by atoms with van der Waals surface area (Å²) in [4.78, 5) is 4.74. The van der Waals surface area contributed by atoms with Gasteiger partial charge in [0.05, 0.1) is 17.3 Å². The fourth-order valence-corrected chi connectivity index (χ4v) is 3.34. The van der Waals surface area contributed by atoms with Gasteiger partial charge < -0.3 is 15.0 Å². The van der Waals surface area contributed by atoms with Crippen molar-refractivity contribution in [2.24, 2.45) is 5.73 Å². The lowest BCUT2D eigenvalue weighted by Crippen LogP contribution is -2.32. The normalized spacial score (nSPS) is 17.9. The van der Waals surface area contributed by atoms with Gasteiger partial charge in [0.1, 0.15) is 11.6 Å². The number of ether oxygens (including phenoxy) is 1. The number of rotatable bonds is 2. The van der Waals surface area contributed by atoms with Gasteiger partial charge in [-0.1, -0.05) is 0 Å². The number of aromatic nitrogens is 2. The standard InChI is InChI=1S/C15H18BrN3O/c1-9-18-15(13-5-4-11(17)8-19(9)13)10-3-6-14(20-2)12(16)7-10/h3,6-7,11H,4-5,8,17H2,1-2H3. The Hall–Kier alpha value is -1.33. The molecule has 1 aliphatic rings. The largest absolute Gasteiger partial charge is 0.496 e. The molecule has 4 nitrogen and oxygen atoms in total. The van der Waals surface area contributed by atoms with Crippen LogP contribution in [0.2, 0.25) is 0 Å². The summed E-state index contributed by atoms with van der Waals surface area (Å²) in [6.07, 6.45) is 2.01. The van der Waals surface area contributed by atoms with E-state index < -0.39 is 0 Å². The molecule has 1 aromatic heterocycles. The highest BCUT2D eigenvalue weighted by atomic mass is 79.9. The Bertz CT molecular complexity index is 651. The van der Waals surface area contributed by atoms with E-state index in [1.807, 2.05) is 13.0 Å². The van der Waals surface area contributed by atoms with Gasteiger partial charge in [-0.2, -0.15) is 0 Å². The Kier molecular flexibility index (Phi) is 3.56. The van der Waals surface area contributed by atoms with Crippen molar-refractivity contribution in [1.29, 1.82) is 0 Å². The third-order valence-corrected chi connectivity index (χ3v) is 4.48. The van der Waals surface area contributed by atoms with Gasteiger partial charge in [-0.05, 0) is 53.9 Å². The van der Waals surface area contributed by atoms with Gasteiger partial charge in [-0.3, -0.25) is 0 Å². The van der Waals surface area contributed by atoms with Crippen LogP contribution in [0.25, 0.3) is 11.3 Å². The van der Waals surface area contributed by atoms with Crippen LogP contribution in [0.5, 0.6) is 5.75 Å². The Labute approximate surface area is 127 Å². The summed E-state index contributed by atoms with van der Waals surface area (Å²) in [5.41, 5.74) is 9.53. The first-order chi connectivity index (χ1) is 9.60. The fraction of sp³-hybridized carbons (Fsp3) is 0.400. The minimum atomic E-state index is 0.242. The Morgan fingerprint density at radius 3 is 2.95 bits per heavy atom. The molecule has 2 aromatic rings. The number of imidazole rings is 1. The molecule has 20 heavy (non-hydrogen) atoms. The number of halogens is 1. The van der Waals surface area contributed by atoms with E-state index in [4.69, 9.17) is 15.5 Å². The van der Waals surface area contributed by atoms with Crippen molar-refractivity contribution >= 4 is 15.9 Å². The van der Waals surface area contributed by atoms with Crippen molar-refractivity contribution in [2.75, 3.05) is 7.11 Å². The van der Waals surface area contributed by atoms with Gasteiger partial charge in [-0.25, -0.2) is 4.98 Å². The molecule has 106 valence electrons. The SMILES string of the molecule is COc1ccc(-c2nc(C)n3c2CCC(N)C3)cc1Br. The molecule has 3 rings (SSSR count). The highest BCUT2D eigenvalue weighted by molar-refractivity contribution is 9.10. The number of benzene rings is 1. The van der Waals surface area contributed by atoms with Gasteiger partial charge in [0.15, 0.2) is 0 Å². The van der Waals surface area contributed by atoms with Crippen LogP contribution in [0, 0.1) is 6.92 Å². The molecule has 1 aromatic carbocycles. The molecule has 2 heterocycles. The van der Waals surface area contributed by atoms with Crippen molar-refractivity contribution in [1.82, 2.24) is 9.55 Å². The quantitative estimate of drug-likeness (QED) is 0.917. The number of methoxy groups -OCH3 is 1. The summed E-state index contributed by atoms with van der Waals surface area (Å²) in [6, 6.07) is 6.33. The molecule has 0 bridgehead atoms. The lowest BCUT2D eigenvalue weighted by Gasteiger charge is -2.22. The van der Waals surface area contributed by atoms with E-state index in [0.29, 0.717) is 0 Å². The van der Waals surface area contributed by atoms with Crippen LogP contribution in [0.4, 0.5) is 0 Å². The summed E-state index contributed by atoms with van der Waals surface area (Å²) in [5, 5.41) is 0. The lowest BCUT2D eigenvalue weighted by atomic mass is 10.0. The first-order valence-corrected chi connectivity index (χ1v) is 7.55. The van der Waals surface area contributed by atoms with Crippen molar-refractivity contribution in [3.63, 3.8) is 0 Å². The molecule has 0 radical (unpaired) electrons. The molecule has 2 N–H and O–H groups in total. The van der Waals surface area contributed by atoms with E-state index in [1.165, 1.54) is 5.69 Å². The Morgan fingerprint density at radius 1 is 1.45 bits per heavy atom. The van der Waals surface area contributed by atoms with Crippen LogP contribution < -0.4 is 10.5 Å². The highest BCUT2D eigenvalue weighted by Gasteiger charge is 2.22. The summed E-state index contributed by atoms with van der Waals surface area (Å²) in [5.74, 6) is 1.87. The van der Waals surface area contributed by atoms with Crippen molar-refractivity contribution in [3.8, 4) is 17.0 Å². The monoisotopic (exact) mass is 335 g/mol. The van der Waals surface area contributed by atoms with Gasteiger partial charge in [-0.15, -0.1) is 0 Å². The molecule has 0 saturated heterocycles. The van der Waals surface area contributed by atoms with E-state index in [2.05, 4.69) is 32.6 Å². The maximum Gasteiger partial charge on any atom is 0.133 e. The minimum absolute atomic E-state index is 0.242. The third-order valence-electron chi connectivity index (χ3n) is 3.86. The van der Waals surface area contributed by atoms with E-state index in [9.17, 15) is 0 Å².